The summed E-state index contributed by atoms with van der Waals surface area (Å²) in [5.74, 6) is -5.17. The molecule has 4 rings (SSSR count). The predicted molar refractivity (Wildman–Crippen MR) is 124 cm³/mol. The number of halogens is 3. The maximum atomic E-state index is 13.4. The van der Waals surface area contributed by atoms with E-state index in [2.05, 4.69) is 5.32 Å². The molecule has 0 fully saturated rings. The van der Waals surface area contributed by atoms with Crippen molar-refractivity contribution in [1.82, 2.24) is 0 Å². The van der Waals surface area contributed by atoms with Gasteiger partial charge in [0.05, 0.1) is 26.3 Å². The van der Waals surface area contributed by atoms with Crippen LogP contribution in [0.15, 0.2) is 66.7 Å². The molecule has 0 aromatic heterocycles. The van der Waals surface area contributed by atoms with Gasteiger partial charge in [-0.05, 0) is 18.2 Å². The molecule has 1 amide bonds. The Morgan fingerprint density at radius 2 is 1.48 bits per heavy atom. The van der Waals surface area contributed by atoms with E-state index in [-0.39, 0.29) is 31.9 Å². The highest BCUT2D eigenvalue weighted by Crippen LogP contribution is 2.38. The van der Waals surface area contributed by atoms with Gasteiger partial charge in [-0.3, -0.25) is 14.4 Å². The van der Waals surface area contributed by atoms with Crippen molar-refractivity contribution < 1.29 is 23.9 Å². The molecule has 3 aromatic rings. The largest absolute Gasteiger partial charge is 0.453 e. The Bertz CT molecular complexity index is 1290. The Hall–Kier alpha value is -3.19. The van der Waals surface area contributed by atoms with Crippen molar-refractivity contribution in [1.29, 1.82) is 0 Å². The highest BCUT2D eigenvalue weighted by atomic mass is 35.5. The first kappa shape index (κ1) is 23.0. The third kappa shape index (κ3) is 4.50. The molecule has 33 heavy (non-hydrogen) atoms. The topological polar surface area (TPSA) is 89.5 Å². The van der Waals surface area contributed by atoms with Crippen molar-refractivity contribution in [2.45, 2.75) is 6.10 Å². The molecule has 1 heterocycles. The van der Waals surface area contributed by atoms with Crippen molar-refractivity contribution in [2.24, 2.45) is 5.92 Å². The molecular weight excluding hydrogens is 489 g/mol. The van der Waals surface area contributed by atoms with Gasteiger partial charge >= 0.3 is 5.97 Å². The number of hydrogen-bond acceptors (Lipinski definition) is 5. The third-order valence-corrected chi connectivity index (χ3v) is 6.16. The second kappa shape index (κ2) is 9.35. The second-order valence-corrected chi connectivity index (χ2v) is 8.41. The minimum atomic E-state index is -1.61. The summed E-state index contributed by atoms with van der Waals surface area (Å²) in [4.78, 5) is 51.9. The summed E-state index contributed by atoms with van der Waals surface area (Å²) < 4.78 is 5.39. The van der Waals surface area contributed by atoms with Gasteiger partial charge in [-0.2, -0.15) is 0 Å². The number of fused-ring (bicyclic) bond motifs is 1. The number of hydrogen-bond donors (Lipinski definition) is 1. The molecule has 0 aliphatic carbocycles. The fourth-order valence-corrected chi connectivity index (χ4v) is 4.13. The summed E-state index contributed by atoms with van der Waals surface area (Å²) in [6, 6.07) is 17.0. The number of anilines is 1. The number of cyclic esters (lactones) is 1. The lowest BCUT2D eigenvalue weighted by Crippen LogP contribution is -2.38. The quantitative estimate of drug-likeness (QED) is 0.157. The van der Waals surface area contributed by atoms with Gasteiger partial charge in [0.25, 0.3) is 5.91 Å². The van der Waals surface area contributed by atoms with Gasteiger partial charge in [0.2, 0.25) is 5.78 Å². The molecular formula is C24H14Cl3NO5. The summed E-state index contributed by atoms with van der Waals surface area (Å²) in [6.45, 7) is 0. The number of Topliss-reactive ketones (excluding diaryl/α,β-unsaturated/α-hetero) is 2. The van der Waals surface area contributed by atoms with Crippen LogP contribution in [0, 0.1) is 5.92 Å². The molecule has 0 bridgehead atoms. The molecule has 0 radical (unpaired) electrons. The van der Waals surface area contributed by atoms with Crippen molar-refractivity contribution in [3.8, 4) is 0 Å². The number of amides is 1. The number of ether oxygens (including phenoxy) is 1. The van der Waals surface area contributed by atoms with Crippen molar-refractivity contribution in [3.05, 3.63) is 98.5 Å². The third-order valence-electron chi connectivity index (χ3n) is 5.13. The zero-order valence-electron chi connectivity index (χ0n) is 16.7. The Kier molecular flexibility index (Phi) is 6.51. The van der Waals surface area contributed by atoms with Crippen LogP contribution >= 0.6 is 34.8 Å². The number of benzene rings is 3. The summed E-state index contributed by atoms with van der Waals surface area (Å²) in [5.41, 5.74) is 0.815. The highest BCUT2D eigenvalue weighted by molar-refractivity contribution is 6.47. The van der Waals surface area contributed by atoms with E-state index in [0.717, 1.165) is 0 Å². The smallest absolute Gasteiger partial charge is 0.339 e. The lowest BCUT2D eigenvalue weighted by Gasteiger charge is -2.21. The number of ketones is 2. The van der Waals surface area contributed by atoms with E-state index in [1.54, 1.807) is 36.4 Å². The van der Waals surface area contributed by atoms with E-state index in [1.807, 2.05) is 0 Å². The van der Waals surface area contributed by atoms with Crippen LogP contribution in [0.3, 0.4) is 0 Å². The lowest BCUT2D eigenvalue weighted by atomic mass is 9.84. The number of nitrogens with one attached hydrogen (secondary N) is 1. The van der Waals surface area contributed by atoms with Crippen LogP contribution in [-0.4, -0.2) is 23.4 Å². The maximum Gasteiger partial charge on any atom is 0.339 e. The van der Waals surface area contributed by atoms with Crippen molar-refractivity contribution in [3.63, 3.8) is 0 Å². The van der Waals surface area contributed by atoms with Crippen molar-refractivity contribution >= 4 is 63.9 Å². The molecule has 0 spiro atoms. The minimum absolute atomic E-state index is 0.0409. The van der Waals surface area contributed by atoms with E-state index >= 15 is 0 Å². The summed E-state index contributed by atoms with van der Waals surface area (Å²) in [5, 5.41) is 2.69. The maximum absolute atomic E-state index is 13.4. The molecule has 1 N–H and O–H groups in total. The molecule has 0 saturated heterocycles. The number of carbonyl (C=O) groups is 4. The molecule has 1 aliphatic heterocycles. The molecule has 1 aliphatic rings. The summed E-state index contributed by atoms with van der Waals surface area (Å²) >= 11 is 18.0. The second-order valence-electron chi connectivity index (χ2n) is 7.19. The Labute approximate surface area is 203 Å². The van der Waals surface area contributed by atoms with Crippen LogP contribution in [0.5, 0.6) is 0 Å². The highest BCUT2D eigenvalue weighted by Gasteiger charge is 2.46. The van der Waals surface area contributed by atoms with E-state index in [9.17, 15) is 19.2 Å². The standard InChI is InChI=1S/C24H14Cl3NO5/c25-15-10-17(27)18(11-16(15)26)28-23(31)21(30)19(20(29)12-6-2-1-3-7-12)22-13-8-4-5-9-14(13)24(32)33-22/h1-11,19,22H,(H,28,31). The summed E-state index contributed by atoms with van der Waals surface area (Å²) in [7, 11) is 0. The average molecular weight is 503 g/mol. The lowest BCUT2D eigenvalue weighted by molar-refractivity contribution is -0.138. The molecule has 2 unspecified atom stereocenters. The van der Waals surface area contributed by atoms with Crippen LogP contribution < -0.4 is 5.32 Å². The van der Waals surface area contributed by atoms with Gasteiger partial charge in [0.1, 0.15) is 12.0 Å². The SMILES string of the molecule is O=C(Nc1cc(Cl)c(Cl)cc1Cl)C(=O)C(C(=O)c1ccccc1)C1OC(=O)c2ccccc21. The predicted octanol–water partition coefficient (Wildman–Crippen LogP) is 5.57. The van der Waals surface area contributed by atoms with Gasteiger partial charge in [0.15, 0.2) is 5.78 Å². The number of esters is 1. The molecule has 3 aromatic carbocycles. The van der Waals surface area contributed by atoms with Gasteiger partial charge in [-0.1, -0.05) is 83.3 Å². The van der Waals surface area contributed by atoms with Crippen molar-refractivity contribution in [2.75, 3.05) is 5.32 Å². The number of carbonyl (C=O) groups excluding carboxylic acids is 4. The monoisotopic (exact) mass is 501 g/mol. The Morgan fingerprint density at radius 1 is 0.848 bits per heavy atom. The van der Waals surface area contributed by atoms with Crippen LogP contribution in [0.2, 0.25) is 15.1 Å². The fourth-order valence-electron chi connectivity index (χ4n) is 3.54. The van der Waals surface area contributed by atoms with Gasteiger partial charge in [-0.15, -0.1) is 0 Å². The van der Waals surface area contributed by atoms with Gasteiger partial charge in [-0.25, -0.2) is 4.79 Å². The van der Waals surface area contributed by atoms with E-state index < -0.39 is 35.5 Å². The molecule has 166 valence electrons. The average Bonchev–Trinajstić information content (AvgIpc) is 3.14. The molecule has 6 nitrogen and oxygen atoms in total. The fraction of sp³-hybridized carbons (Fsp3) is 0.0833. The van der Waals surface area contributed by atoms with E-state index in [0.29, 0.717) is 5.56 Å². The zero-order chi connectivity index (χ0) is 23.7. The molecule has 9 heteroatoms. The van der Waals surface area contributed by atoms with Crippen LogP contribution in [0.1, 0.15) is 32.4 Å². The van der Waals surface area contributed by atoms with Crippen LogP contribution in [0.4, 0.5) is 5.69 Å². The Morgan fingerprint density at radius 3 is 2.21 bits per heavy atom. The first-order valence-electron chi connectivity index (χ1n) is 9.67. The zero-order valence-corrected chi connectivity index (χ0v) is 18.9. The van der Waals surface area contributed by atoms with Crippen LogP contribution in [-0.2, 0) is 14.3 Å². The first-order chi connectivity index (χ1) is 15.8. The molecule has 2 atom stereocenters. The number of rotatable bonds is 6. The van der Waals surface area contributed by atoms with Gasteiger partial charge < -0.3 is 10.1 Å². The minimum Gasteiger partial charge on any atom is -0.453 e. The van der Waals surface area contributed by atoms with Gasteiger partial charge in [0, 0.05) is 11.1 Å². The van der Waals surface area contributed by atoms with Crippen LogP contribution in [0.25, 0.3) is 0 Å². The molecule has 0 saturated carbocycles. The Balaban J connectivity index is 1.71. The first-order valence-corrected chi connectivity index (χ1v) is 10.8. The van der Waals surface area contributed by atoms with E-state index in [4.69, 9.17) is 39.5 Å². The summed E-state index contributed by atoms with van der Waals surface area (Å²) in [6.07, 6.45) is -1.26. The van der Waals surface area contributed by atoms with E-state index in [1.165, 1.54) is 30.3 Å². The normalized spacial score (nSPS) is 15.4.